The van der Waals surface area contributed by atoms with Crippen molar-refractivity contribution in [3.63, 3.8) is 0 Å². The molecule has 2 fully saturated rings. The monoisotopic (exact) mass is 1540 g/mol. The number of phosphoric ester groups is 2. The summed E-state index contributed by atoms with van der Waals surface area (Å²) < 4.78 is 78.4. The number of hydrogen-bond donors (Lipinski definition) is 4. The maximum absolute atomic E-state index is 14.2. The zero-order valence-electron chi connectivity index (χ0n) is 65.5. The Morgan fingerprint density at radius 1 is 0.456 bits per heavy atom. The standard InChI is InChI=1S/C73H136N2O22P2.4Na/c1-7-12-17-22-25-28-31-36-40-45-58(77)53-63(79)74-66-70(90-51-49-57(76)44-39-34-20-15-10-4)68(82)61(94-73(66)97-99(86,87)88)56-92-72-67(75-64(80)54-59(78)46-41-37-32-29-26-23-18-13-8-2)71(69(96-98(83,84)85)62(95-72)55-89-6)91-52-50-60(47-42-35-21-16-11-5)93-65(81)48-43-38-33-30-27-24-19-14-9-3;;;;/h30,33,57,60-62,66-73,76,82H,7-29,31-32,34-56H2,1-6H3,(H,74,79)(H,75,80)(H2,83,84,85)(H2,86,87,88);;;;/q;4*+1/p-4/t57-,60-,61-,62-,66-,67-,68-,69-,70-,71-,72-,73-;;;;/m1..../s1. The summed E-state index contributed by atoms with van der Waals surface area (Å²) in [6.45, 7) is 8.80. The van der Waals surface area contributed by atoms with Gasteiger partial charge in [0.1, 0.15) is 66.4 Å². The van der Waals surface area contributed by atoms with Crippen LogP contribution in [0.2, 0.25) is 0 Å². The van der Waals surface area contributed by atoms with Crippen molar-refractivity contribution in [1.29, 1.82) is 0 Å². The number of methoxy groups -OCH3 is 1. The molecule has 0 unspecified atom stereocenters. The number of aliphatic hydroxyl groups is 2. The van der Waals surface area contributed by atoms with Crippen LogP contribution in [-0.2, 0) is 75.3 Å². The number of esters is 1. The molecule has 0 aliphatic carbocycles. The minimum Gasteiger partial charge on any atom is -0.790 e. The first-order chi connectivity index (χ1) is 47.6. The average Bonchev–Trinajstić information content (AvgIpc) is 0.788. The second kappa shape index (κ2) is 68.9. The third-order valence-corrected chi connectivity index (χ3v) is 19.2. The van der Waals surface area contributed by atoms with E-state index in [1.54, 1.807) is 0 Å². The van der Waals surface area contributed by atoms with Crippen LogP contribution in [0.1, 0.15) is 317 Å². The van der Waals surface area contributed by atoms with E-state index in [2.05, 4.69) is 57.4 Å². The van der Waals surface area contributed by atoms with Gasteiger partial charge in [-0.2, -0.15) is 0 Å². The summed E-state index contributed by atoms with van der Waals surface area (Å²) in [5.41, 5.74) is 0. The van der Waals surface area contributed by atoms with Gasteiger partial charge >= 0.3 is 124 Å². The number of nitrogens with one attached hydrogen (secondary N) is 2. The fraction of sp³-hybridized carbons (Fsp3) is 0.904. The van der Waals surface area contributed by atoms with Crippen LogP contribution >= 0.6 is 15.6 Å². The summed E-state index contributed by atoms with van der Waals surface area (Å²) in [4.78, 5) is 119. The fourth-order valence-electron chi connectivity index (χ4n) is 12.6. The first-order valence-corrected chi connectivity index (χ1v) is 41.4. The number of aliphatic hydroxyl groups excluding tert-OH is 2. The Balaban J connectivity index is -0.0000250. The molecule has 580 valence electrons. The predicted molar refractivity (Wildman–Crippen MR) is 372 cm³/mol. The Morgan fingerprint density at radius 2 is 0.864 bits per heavy atom. The van der Waals surface area contributed by atoms with Gasteiger partial charge in [0.25, 0.3) is 0 Å². The van der Waals surface area contributed by atoms with Gasteiger partial charge in [-0.15, -0.1) is 0 Å². The Bertz CT molecular complexity index is 2250. The summed E-state index contributed by atoms with van der Waals surface area (Å²) in [7, 11) is -10.7. The molecular formula is C73H132N2Na4O22P2. The molecule has 24 nitrogen and oxygen atoms in total. The first kappa shape index (κ1) is 109. The zero-order valence-corrected chi connectivity index (χ0v) is 75.3. The summed E-state index contributed by atoms with van der Waals surface area (Å²) in [5, 5.41) is 28.5. The molecule has 2 heterocycles. The van der Waals surface area contributed by atoms with Crippen molar-refractivity contribution in [2.45, 2.75) is 391 Å². The molecule has 2 amide bonds. The van der Waals surface area contributed by atoms with E-state index in [4.69, 9.17) is 42.2 Å². The van der Waals surface area contributed by atoms with Crippen LogP contribution in [0.3, 0.4) is 0 Å². The van der Waals surface area contributed by atoms with Crippen LogP contribution in [0, 0.1) is 0 Å². The van der Waals surface area contributed by atoms with E-state index in [1.807, 2.05) is 0 Å². The Hall–Kier alpha value is 1.39. The van der Waals surface area contributed by atoms with Gasteiger partial charge in [-0.3, -0.25) is 24.0 Å². The molecule has 12 atom stereocenters. The van der Waals surface area contributed by atoms with E-state index < -0.39 is 145 Å². The van der Waals surface area contributed by atoms with Crippen molar-refractivity contribution in [3.05, 3.63) is 12.2 Å². The minimum atomic E-state index is -6.02. The first-order valence-electron chi connectivity index (χ1n) is 38.5. The van der Waals surface area contributed by atoms with Gasteiger partial charge in [0.2, 0.25) is 11.8 Å². The van der Waals surface area contributed by atoms with Gasteiger partial charge in [0.15, 0.2) is 12.6 Å². The number of carbonyl (C=O) groups excluding carboxylic acids is 5. The van der Waals surface area contributed by atoms with E-state index >= 15 is 0 Å². The van der Waals surface area contributed by atoms with E-state index in [1.165, 1.54) is 39.2 Å². The Morgan fingerprint density at radius 3 is 1.34 bits per heavy atom. The molecule has 0 aromatic rings. The molecule has 2 aliphatic heterocycles. The SMILES string of the molecule is CCCCCCC=CCCCC(=O)O[C@H](CCCCCCC)CCO[C@@H]1[C@@H](NC(=O)CC(=O)CCCCCCCCCCC)[C@H](OC[C@H]2O[C@H](OP(=O)([O-])[O-])[C@H](NC(=O)CC(=O)CCCCCCCCCCC)[C@@H](OCC[C@H](O)CCCCCCC)[C@@H]2O)O[C@H](COC)[C@H]1OP(=O)([O-])[O-].[Na+].[Na+].[Na+].[Na+]. The van der Waals surface area contributed by atoms with E-state index in [0.717, 1.165) is 161 Å². The van der Waals surface area contributed by atoms with Crippen molar-refractivity contribution in [2.75, 3.05) is 33.5 Å². The number of carbonyl (C=O) groups is 5. The van der Waals surface area contributed by atoms with Crippen molar-refractivity contribution < 1.29 is 223 Å². The molecule has 30 heteroatoms. The average molecular weight is 1540 g/mol. The van der Waals surface area contributed by atoms with Crippen molar-refractivity contribution in [1.82, 2.24) is 10.6 Å². The molecule has 0 aromatic heterocycles. The topological polar surface area (TPSA) is 359 Å². The largest absolute Gasteiger partial charge is 1.00 e. The van der Waals surface area contributed by atoms with E-state index in [-0.39, 0.29) is 164 Å². The molecule has 0 aromatic carbocycles. The zero-order chi connectivity index (χ0) is 72.9. The maximum Gasteiger partial charge on any atom is 1.00 e. The molecule has 0 radical (unpaired) electrons. The summed E-state index contributed by atoms with van der Waals surface area (Å²) in [6.07, 6.45) is 22.2. The van der Waals surface area contributed by atoms with Crippen LogP contribution in [0.15, 0.2) is 12.2 Å². The van der Waals surface area contributed by atoms with E-state index in [0.29, 0.717) is 44.9 Å². The van der Waals surface area contributed by atoms with Gasteiger partial charge in [-0.25, -0.2) is 0 Å². The molecular weight excluding hydrogens is 1410 g/mol. The molecule has 2 saturated heterocycles. The Kier molecular flexibility index (Phi) is 72.7. The van der Waals surface area contributed by atoms with Gasteiger partial charge < -0.3 is 91.8 Å². The minimum absolute atomic E-state index is 0. The number of allylic oxidation sites excluding steroid dienone is 2. The number of Topliss-reactive ketones (excluding diaryl/α,β-unsaturated/α-hetero) is 2. The molecule has 0 bridgehead atoms. The number of amides is 2. The van der Waals surface area contributed by atoms with Crippen molar-refractivity contribution >= 4 is 45.0 Å². The number of hydrogen-bond acceptors (Lipinski definition) is 22. The van der Waals surface area contributed by atoms with Gasteiger partial charge in [0.05, 0.1) is 54.4 Å². The fourth-order valence-corrected chi connectivity index (χ4v) is 13.6. The maximum atomic E-state index is 14.2. The molecule has 103 heavy (non-hydrogen) atoms. The quantitative estimate of drug-likeness (QED) is 0.0149. The molecule has 0 spiro atoms. The number of ether oxygens (including phenoxy) is 7. The molecule has 2 aliphatic rings. The third kappa shape index (κ3) is 55.5. The predicted octanol–water partition coefficient (Wildman–Crippen LogP) is -0.494. The summed E-state index contributed by atoms with van der Waals surface area (Å²) in [6, 6.07) is -3.43. The number of unbranched alkanes of at least 4 members (excludes halogenated alkanes) is 29. The van der Waals surface area contributed by atoms with Crippen LogP contribution in [0.4, 0.5) is 0 Å². The smallest absolute Gasteiger partial charge is 0.790 e. The van der Waals surface area contributed by atoms with Crippen molar-refractivity contribution in [3.8, 4) is 0 Å². The second-order valence-electron chi connectivity index (χ2n) is 27.3. The normalized spacial score (nSPS) is 21.1. The van der Waals surface area contributed by atoms with Gasteiger partial charge in [-0.05, 0) is 64.2 Å². The molecule has 0 saturated carbocycles. The summed E-state index contributed by atoms with van der Waals surface area (Å²) >= 11 is 0. The second-order valence-corrected chi connectivity index (χ2v) is 29.6. The van der Waals surface area contributed by atoms with Crippen molar-refractivity contribution in [2.24, 2.45) is 0 Å². The summed E-state index contributed by atoms with van der Waals surface area (Å²) in [5.74, 6) is -3.04. The number of rotatable bonds is 65. The Labute approximate surface area is 708 Å². The van der Waals surface area contributed by atoms with Crippen LogP contribution < -0.4 is 148 Å². The van der Waals surface area contributed by atoms with Crippen LogP contribution in [0.5, 0.6) is 0 Å². The van der Waals surface area contributed by atoms with E-state index in [9.17, 15) is 62.9 Å². The van der Waals surface area contributed by atoms with Crippen LogP contribution in [-0.4, -0.2) is 147 Å². The molecule has 2 rings (SSSR count). The van der Waals surface area contributed by atoms with Crippen LogP contribution in [0.25, 0.3) is 0 Å². The molecule has 4 N–H and O–H groups in total. The number of phosphoric acid groups is 2. The van der Waals surface area contributed by atoms with Gasteiger partial charge in [-0.1, -0.05) is 227 Å². The number of ketones is 2. The van der Waals surface area contributed by atoms with Gasteiger partial charge in [0, 0.05) is 39.4 Å². The third-order valence-electron chi connectivity index (χ3n) is 18.3.